The number of amides is 2. The number of hydrogen-bond donors (Lipinski definition) is 0. The van der Waals surface area contributed by atoms with Gasteiger partial charge in [-0.1, -0.05) is 23.7 Å². The first-order chi connectivity index (χ1) is 13.8. The van der Waals surface area contributed by atoms with Crippen LogP contribution in [0.25, 0.3) is 0 Å². The van der Waals surface area contributed by atoms with E-state index in [1.165, 1.54) is 22.1 Å². The molecule has 150 valence electrons. The molecule has 0 N–H and O–H groups in total. The van der Waals surface area contributed by atoms with Crippen LogP contribution in [0.4, 0.5) is 11.4 Å². The van der Waals surface area contributed by atoms with E-state index in [2.05, 4.69) is 0 Å². The van der Waals surface area contributed by atoms with Gasteiger partial charge in [-0.05, 0) is 43.7 Å². The van der Waals surface area contributed by atoms with Gasteiger partial charge in [0.2, 0.25) is 5.91 Å². The van der Waals surface area contributed by atoms with Gasteiger partial charge in [0.15, 0.2) is 6.10 Å². The second-order valence-corrected chi connectivity index (χ2v) is 7.73. The van der Waals surface area contributed by atoms with Gasteiger partial charge in [-0.3, -0.25) is 29.4 Å². The van der Waals surface area contributed by atoms with Crippen molar-refractivity contribution in [3.63, 3.8) is 0 Å². The molecule has 2 amide bonds. The summed E-state index contributed by atoms with van der Waals surface area (Å²) in [5.41, 5.74) is 1.02. The Morgan fingerprint density at radius 2 is 1.79 bits per heavy atom. The Balaban J connectivity index is 1.82. The number of halogens is 1. The second kappa shape index (κ2) is 7.13. The van der Waals surface area contributed by atoms with E-state index in [1.54, 1.807) is 50.2 Å². The highest BCUT2D eigenvalue weighted by atomic mass is 35.5. The molecule has 0 aliphatic carbocycles. The number of imide groups is 1. The van der Waals surface area contributed by atoms with Gasteiger partial charge in [0.25, 0.3) is 11.6 Å². The normalized spacial score (nSPS) is 23.8. The van der Waals surface area contributed by atoms with E-state index in [4.69, 9.17) is 16.4 Å². The van der Waals surface area contributed by atoms with Gasteiger partial charge in [-0.15, -0.1) is 0 Å². The number of hydroxylamine groups is 1. The molecule has 8 nitrogen and oxygen atoms in total. The smallest absolute Gasteiger partial charge is 0.269 e. The Labute approximate surface area is 171 Å². The van der Waals surface area contributed by atoms with Crippen molar-refractivity contribution in [2.24, 2.45) is 5.92 Å². The van der Waals surface area contributed by atoms with Crippen LogP contribution in [0.1, 0.15) is 25.5 Å². The minimum absolute atomic E-state index is 0.0977. The summed E-state index contributed by atoms with van der Waals surface area (Å²) in [6, 6.07) is 11.8. The van der Waals surface area contributed by atoms with Crippen LogP contribution in [-0.4, -0.2) is 33.8 Å². The van der Waals surface area contributed by atoms with Crippen molar-refractivity contribution in [1.29, 1.82) is 0 Å². The average Bonchev–Trinajstić information content (AvgIpc) is 3.19. The number of likely N-dealkylation sites (tertiary alicyclic amines) is 1. The fourth-order valence-electron chi connectivity index (χ4n) is 3.92. The third kappa shape index (κ3) is 3.14. The molecule has 2 aliphatic rings. The molecule has 29 heavy (non-hydrogen) atoms. The molecule has 2 aromatic rings. The SMILES string of the molecule is CC(C)N1C(=O)C2ON(c3ccc(Cl)cc3)C(c3cccc([N+](=O)[O-])c3)C2C1=O. The van der Waals surface area contributed by atoms with Gasteiger partial charge in [-0.25, -0.2) is 5.06 Å². The van der Waals surface area contributed by atoms with Crippen molar-refractivity contribution in [1.82, 2.24) is 4.90 Å². The van der Waals surface area contributed by atoms with E-state index < -0.39 is 28.9 Å². The van der Waals surface area contributed by atoms with E-state index in [1.807, 2.05) is 0 Å². The first-order valence-corrected chi connectivity index (χ1v) is 9.50. The Morgan fingerprint density at radius 3 is 2.41 bits per heavy atom. The molecule has 2 fully saturated rings. The number of benzene rings is 2. The van der Waals surface area contributed by atoms with E-state index in [9.17, 15) is 19.7 Å². The molecule has 4 rings (SSSR count). The Morgan fingerprint density at radius 1 is 1.10 bits per heavy atom. The minimum atomic E-state index is -0.982. The Kier molecular flexibility index (Phi) is 4.76. The maximum atomic E-state index is 13.1. The molecule has 2 heterocycles. The fraction of sp³-hybridized carbons (Fsp3) is 0.300. The van der Waals surface area contributed by atoms with Crippen LogP contribution in [0.5, 0.6) is 0 Å². The van der Waals surface area contributed by atoms with Crippen molar-refractivity contribution in [2.75, 3.05) is 5.06 Å². The van der Waals surface area contributed by atoms with Crippen molar-refractivity contribution in [2.45, 2.75) is 32.0 Å². The number of hydrogen-bond acceptors (Lipinski definition) is 6. The lowest BCUT2D eigenvalue weighted by atomic mass is 9.90. The number of nitro benzene ring substituents is 1. The third-order valence-electron chi connectivity index (χ3n) is 5.17. The zero-order valence-electron chi connectivity index (χ0n) is 15.7. The summed E-state index contributed by atoms with van der Waals surface area (Å²) < 4.78 is 0. The Bertz CT molecular complexity index is 994. The fourth-order valence-corrected chi connectivity index (χ4v) is 4.04. The quantitative estimate of drug-likeness (QED) is 0.431. The monoisotopic (exact) mass is 415 g/mol. The molecule has 2 aliphatic heterocycles. The zero-order valence-corrected chi connectivity index (χ0v) is 16.4. The molecule has 2 saturated heterocycles. The first kappa shape index (κ1) is 19.4. The molecule has 2 aromatic carbocycles. The van der Waals surface area contributed by atoms with Gasteiger partial charge in [0.05, 0.1) is 16.7 Å². The summed E-state index contributed by atoms with van der Waals surface area (Å²) in [4.78, 5) is 43.9. The predicted octanol–water partition coefficient (Wildman–Crippen LogP) is 3.50. The highest BCUT2D eigenvalue weighted by Crippen LogP contribution is 2.47. The topological polar surface area (TPSA) is 93.0 Å². The van der Waals surface area contributed by atoms with Gasteiger partial charge >= 0.3 is 0 Å². The zero-order chi connectivity index (χ0) is 20.9. The van der Waals surface area contributed by atoms with Crippen LogP contribution in [0, 0.1) is 16.0 Å². The highest BCUT2D eigenvalue weighted by molar-refractivity contribution is 6.30. The summed E-state index contributed by atoms with van der Waals surface area (Å²) in [7, 11) is 0. The van der Waals surface area contributed by atoms with Crippen molar-refractivity contribution in [3.05, 3.63) is 69.2 Å². The van der Waals surface area contributed by atoms with Gasteiger partial charge in [-0.2, -0.15) is 0 Å². The van der Waals surface area contributed by atoms with E-state index in [0.29, 0.717) is 16.3 Å². The maximum Gasteiger partial charge on any atom is 0.269 e. The molecule has 3 unspecified atom stereocenters. The number of carbonyl (C=O) groups is 2. The van der Waals surface area contributed by atoms with Crippen LogP contribution in [0.3, 0.4) is 0 Å². The summed E-state index contributed by atoms with van der Waals surface area (Å²) in [5, 5.41) is 13.3. The maximum absolute atomic E-state index is 13.1. The summed E-state index contributed by atoms with van der Waals surface area (Å²) in [6.07, 6.45) is -0.982. The Hall–Kier alpha value is -2.97. The number of nitrogens with zero attached hydrogens (tertiary/aromatic N) is 3. The van der Waals surface area contributed by atoms with Crippen LogP contribution < -0.4 is 5.06 Å². The van der Waals surface area contributed by atoms with E-state index in [-0.39, 0.29) is 17.6 Å². The molecule has 0 spiro atoms. The largest absolute Gasteiger partial charge is 0.277 e. The average molecular weight is 416 g/mol. The highest BCUT2D eigenvalue weighted by Gasteiger charge is 2.60. The number of nitro groups is 1. The molecular formula is C20H18ClN3O5. The van der Waals surface area contributed by atoms with Crippen molar-refractivity contribution in [3.8, 4) is 0 Å². The van der Waals surface area contributed by atoms with Gasteiger partial charge in [0.1, 0.15) is 5.92 Å². The molecule has 0 aromatic heterocycles. The number of fused-ring (bicyclic) bond motifs is 1. The van der Waals surface area contributed by atoms with Crippen molar-refractivity contribution < 1.29 is 19.3 Å². The lowest BCUT2D eigenvalue weighted by Crippen LogP contribution is -2.41. The molecule has 0 bridgehead atoms. The number of carbonyl (C=O) groups excluding carboxylic acids is 2. The third-order valence-corrected chi connectivity index (χ3v) is 5.42. The lowest BCUT2D eigenvalue weighted by molar-refractivity contribution is -0.384. The summed E-state index contributed by atoms with van der Waals surface area (Å²) in [6.45, 7) is 3.52. The predicted molar refractivity (Wildman–Crippen MR) is 105 cm³/mol. The van der Waals surface area contributed by atoms with Gasteiger partial charge in [0, 0.05) is 23.2 Å². The van der Waals surface area contributed by atoms with Crippen LogP contribution in [-0.2, 0) is 14.4 Å². The van der Waals surface area contributed by atoms with Gasteiger partial charge < -0.3 is 0 Å². The number of rotatable bonds is 4. The number of anilines is 1. The van der Waals surface area contributed by atoms with Crippen molar-refractivity contribution >= 4 is 34.8 Å². The standard InChI is InChI=1S/C20H18ClN3O5/c1-11(2)22-19(25)16-17(12-4-3-5-15(10-12)24(27)28)23(29-18(16)20(22)26)14-8-6-13(21)7-9-14/h3-11,16-18H,1-2H3. The lowest BCUT2D eigenvalue weighted by Gasteiger charge is -2.29. The van der Waals surface area contributed by atoms with Crippen LogP contribution in [0.2, 0.25) is 5.02 Å². The number of non-ortho nitro benzene ring substituents is 1. The summed E-state index contributed by atoms with van der Waals surface area (Å²) >= 11 is 5.97. The minimum Gasteiger partial charge on any atom is -0.277 e. The first-order valence-electron chi connectivity index (χ1n) is 9.12. The van der Waals surface area contributed by atoms with Crippen LogP contribution in [0.15, 0.2) is 48.5 Å². The molecule has 3 atom stereocenters. The second-order valence-electron chi connectivity index (χ2n) is 7.29. The van der Waals surface area contributed by atoms with E-state index in [0.717, 1.165) is 0 Å². The molecule has 9 heteroatoms. The molecule has 0 radical (unpaired) electrons. The van der Waals surface area contributed by atoms with E-state index >= 15 is 0 Å². The summed E-state index contributed by atoms with van der Waals surface area (Å²) in [5.74, 6) is -1.55. The van der Waals surface area contributed by atoms with Crippen LogP contribution >= 0.6 is 11.6 Å². The molecule has 0 saturated carbocycles. The molecular weight excluding hydrogens is 398 g/mol.